The maximum absolute atomic E-state index is 5.93. The topological polar surface area (TPSA) is 43.8 Å². The van der Waals surface area contributed by atoms with Gasteiger partial charge in [0.15, 0.2) is 0 Å². The number of hydrogen-bond acceptors (Lipinski definition) is 2. The predicted molar refractivity (Wildman–Crippen MR) is 74.5 cm³/mol. The Balaban J connectivity index is 2.00. The van der Waals surface area contributed by atoms with Crippen LogP contribution in [0.25, 0.3) is 0 Å². The van der Waals surface area contributed by atoms with Crippen molar-refractivity contribution in [2.75, 3.05) is 0 Å². The van der Waals surface area contributed by atoms with Gasteiger partial charge in [-0.3, -0.25) is 0 Å². The molecule has 3 nitrogen and oxygen atoms in total. The Morgan fingerprint density at radius 1 is 1.28 bits per heavy atom. The number of benzene rings is 1. The third kappa shape index (κ3) is 3.44. The molecule has 0 spiro atoms. The van der Waals surface area contributed by atoms with E-state index in [1.54, 1.807) is 0 Å². The van der Waals surface area contributed by atoms with Crippen molar-refractivity contribution >= 4 is 0 Å². The molecule has 2 rings (SSSR count). The average molecular weight is 243 g/mol. The van der Waals surface area contributed by atoms with Crippen LogP contribution in [0.1, 0.15) is 30.2 Å². The molecule has 96 valence electrons. The lowest BCUT2D eigenvalue weighted by Gasteiger charge is -2.05. The van der Waals surface area contributed by atoms with E-state index in [9.17, 15) is 0 Å². The van der Waals surface area contributed by atoms with Crippen molar-refractivity contribution in [2.24, 2.45) is 5.73 Å². The van der Waals surface area contributed by atoms with E-state index < -0.39 is 0 Å². The van der Waals surface area contributed by atoms with Gasteiger partial charge in [0.2, 0.25) is 0 Å². The van der Waals surface area contributed by atoms with Crippen LogP contribution in [0.4, 0.5) is 0 Å². The van der Waals surface area contributed by atoms with Crippen LogP contribution in [0.2, 0.25) is 0 Å². The molecule has 0 aliphatic carbocycles. The Labute approximate surface area is 109 Å². The number of nitrogens with two attached hydrogens (primary N) is 1. The van der Waals surface area contributed by atoms with E-state index >= 15 is 0 Å². The van der Waals surface area contributed by atoms with Crippen LogP contribution < -0.4 is 5.73 Å². The van der Waals surface area contributed by atoms with Gasteiger partial charge in [-0.15, -0.1) is 0 Å². The van der Waals surface area contributed by atoms with Crippen LogP contribution in [0, 0.1) is 6.92 Å². The molecule has 0 bridgehead atoms. The van der Waals surface area contributed by atoms with Crippen molar-refractivity contribution in [1.29, 1.82) is 0 Å². The van der Waals surface area contributed by atoms with E-state index in [1.807, 2.05) is 6.33 Å². The number of aromatic nitrogens is 2. The highest BCUT2D eigenvalue weighted by molar-refractivity contribution is 5.21. The maximum Gasteiger partial charge on any atom is 0.0952 e. The van der Waals surface area contributed by atoms with Crippen LogP contribution >= 0.6 is 0 Å². The van der Waals surface area contributed by atoms with Crippen molar-refractivity contribution in [3.05, 3.63) is 53.6 Å². The summed E-state index contributed by atoms with van der Waals surface area (Å²) in [5, 5.41) is 0. The van der Waals surface area contributed by atoms with Gasteiger partial charge in [0.05, 0.1) is 12.0 Å². The van der Waals surface area contributed by atoms with E-state index in [2.05, 4.69) is 53.9 Å². The molecule has 0 aliphatic rings. The van der Waals surface area contributed by atoms with E-state index in [0.717, 1.165) is 25.1 Å². The first kappa shape index (κ1) is 12.8. The fourth-order valence-electron chi connectivity index (χ4n) is 1.92. The normalized spacial score (nSPS) is 12.6. The Morgan fingerprint density at radius 2 is 2.00 bits per heavy atom. The van der Waals surface area contributed by atoms with E-state index in [1.165, 1.54) is 11.1 Å². The summed E-state index contributed by atoms with van der Waals surface area (Å²) in [6.07, 6.45) is 5.83. The monoisotopic (exact) mass is 243 g/mol. The first-order valence-electron chi connectivity index (χ1n) is 6.49. The molecule has 0 fully saturated rings. The highest BCUT2D eigenvalue weighted by Gasteiger charge is 2.04. The molecule has 2 aromatic rings. The number of nitrogens with zero attached hydrogens (tertiary/aromatic N) is 2. The Hall–Kier alpha value is -1.61. The molecule has 0 saturated heterocycles. The molecule has 1 unspecified atom stereocenters. The summed E-state index contributed by atoms with van der Waals surface area (Å²) < 4.78 is 2.11. The summed E-state index contributed by atoms with van der Waals surface area (Å²) in [5.41, 5.74) is 9.60. The minimum atomic E-state index is 0.215. The fourth-order valence-corrected chi connectivity index (χ4v) is 1.92. The van der Waals surface area contributed by atoms with Crippen molar-refractivity contribution in [3.8, 4) is 0 Å². The van der Waals surface area contributed by atoms with Crippen molar-refractivity contribution in [1.82, 2.24) is 9.55 Å². The Morgan fingerprint density at radius 3 is 2.67 bits per heavy atom. The highest BCUT2D eigenvalue weighted by atomic mass is 15.0. The smallest absolute Gasteiger partial charge is 0.0952 e. The minimum absolute atomic E-state index is 0.215. The standard InChI is InChI=1S/C15H21N3/c1-3-14(16)8-15-10-18(11-17-15)9-13-6-4-12(2)5-7-13/h4-7,10-11,14H,3,8-9,16H2,1-2H3. The second-order valence-electron chi connectivity index (χ2n) is 4.90. The van der Waals surface area contributed by atoms with E-state index in [4.69, 9.17) is 5.73 Å². The van der Waals surface area contributed by atoms with Crippen molar-refractivity contribution in [3.63, 3.8) is 0 Å². The van der Waals surface area contributed by atoms with Gasteiger partial charge in [-0.1, -0.05) is 36.8 Å². The Kier molecular flexibility index (Phi) is 4.15. The SMILES string of the molecule is CCC(N)Cc1cn(Cc2ccc(C)cc2)cn1. The van der Waals surface area contributed by atoms with E-state index in [0.29, 0.717) is 0 Å². The van der Waals surface area contributed by atoms with Gasteiger partial charge in [-0.05, 0) is 18.9 Å². The van der Waals surface area contributed by atoms with Gasteiger partial charge in [0.1, 0.15) is 0 Å². The van der Waals surface area contributed by atoms with Crippen LogP contribution in [0.15, 0.2) is 36.8 Å². The minimum Gasteiger partial charge on any atom is -0.333 e. The average Bonchev–Trinajstić information content (AvgIpc) is 2.79. The molecule has 2 N–H and O–H groups in total. The molecule has 1 heterocycles. The third-order valence-electron chi connectivity index (χ3n) is 3.17. The maximum atomic E-state index is 5.93. The number of imidazole rings is 1. The lowest BCUT2D eigenvalue weighted by molar-refractivity contribution is 0.638. The summed E-state index contributed by atoms with van der Waals surface area (Å²) >= 11 is 0. The molecule has 1 aromatic carbocycles. The van der Waals surface area contributed by atoms with Gasteiger partial charge in [0, 0.05) is 25.2 Å². The second-order valence-corrected chi connectivity index (χ2v) is 4.90. The van der Waals surface area contributed by atoms with Crippen LogP contribution in [0.5, 0.6) is 0 Å². The lowest BCUT2D eigenvalue weighted by atomic mass is 10.1. The zero-order valence-corrected chi connectivity index (χ0v) is 11.1. The summed E-state index contributed by atoms with van der Waals surface area (Å²) in [6.45, 7) is 5.08. The number of rotatable bonds is 5. The quantitative estimate of drug-likeness (QED) is 0.877. The zero-order chi connectivity index (χ0) is 13.0. The van der Waals surface area contributed by atoms with Gasteiger partial charge < -0.3 is 10.3 Å². The number of aryl methyl sites for hydroxylation is 1. The largest absolute Gasteiger partial charge is 0.333 e. The van der Waals surface area contributed by atoms with Gasteiger partial charge >= 0.3 is 0 Å². The van der Waals surface area contributed by atoms with Crippen LogP contribution in [-0.2, 0) is 13.0 Å². The van der Waals surface area contributed by atoms with Crippen LogP contribution in [0.3, 0.4) is 0 Å². The van der Waals surface area contributed by atoms with Crippen molar-refractivity contribution < 1.29 is 0 Å². The predicted octanol–water partition coefficient (Wildman–Crippen LogP) is 2.52. The van der Waals surface area contributed by atoms with Crippen molar-refractivity contribution in [2.45, 2.75) is 39.3 Å². The van der Waals surface area contributed by atoms with Gasteiger partial charge in [-0.25, -0.2) is 4.98 Å². The molecular weight excluding hydrogens is 222 g/mol. The van der Waals surface area contributed by atoms with E-state index in [-0.39, 0.29) is 6.04 Å². The number of hydrogen-bond donors (Lipinski definition) is 1. The molecule has 0 saturated carbocycles. The van der Waals surface area contributed by atoms with Gasteiger partial charge in [-0.2, -0.15) is 0 Å². The second kappa shape index (κ2) is 5.83. The zero-order valence-electron chi connectivity index (χ0n) is 11.1. The summed E-state index contributed by atoms with van der Waals surface area (Å²) in [6, 6.07) is 8.81. The van der Waals surface area contributed by atoms with Gasteiger partial charge in [0.25, 0.3) is 0 Å². The molecule has 0 amide bonds. The molecule has 3 heteroatoms. The first-order chi connectivity index (χ1) is 8.67. The molecule has 0 aliphatic heterocycles. The summed E-state index contributed by atoms with van der Waals surface area (Å²) in [7, 11) is 0. The summed E-state index contributed by atoms with van der Waals surface area (Å²) in [4.78, 5) is 4.40. The Bertz CT molecular complexity index is 485. The fraction of sp³-hybridized carbons (Fsp3) is 0.400. The highest BCUT2D eigenvalue weighted by Crippen LogP contribution is 2.07. The molecule has 1 aromatic heterocycles. The third-order valence-corrected chi connectivity index (χ3v) is 3.17. The molecular formula is C15H21N3. The molecule has 18 heavy (non-hydrogen) atoms. The molecule has 1 atom stereocenters. The summed E-state index contributed by atoms with van der Waals surface area (Å²) in [5.74, 6) is 0. The molecule has 0 radical (unpaired) electrons. The first-order valence-corrected chi connectivity index (χ1v) is 6.49. The van der Waals surface area contributed by atoms with Crippen LogP contribution in [-0.4, -0.2) is 15.6 Å². The lowest BCUT2D eigenvalue weighted by Crippen LogP contribution is -2.21.